The van der Waals surface area contributed by atoms with Gasteiger partial charge in [0.05, 0.1) is 6.54 Å². The minimum absolute atomic E-state index is 0.230. The van der Waals surface area contributed by atoms with E-state index in [1.165, 1.54) is 6.26 Å². The Balaban J connectivity index is 2.87. The molecule has 15 heavy (non-hydrogen) atoms. The number of rotatable bonds is 2. The normalized spacial score (nSPS) is 20.9. The molecule has 0 N–H and O–H groups in total. The maximum absolute atomic E-state index is 11.7. The molecule has 0 aromatic heterocycles. The highest BCUT2D eigenvalue weighted by Gasteiger charge is 2.36. The van der Waals surface area contributed by atoms with Crippen LogP contribution >= 0.6 is 0 Å². The van der Waals surface area contributed by atoms with Crippen molar-refractivity contribution in [1.29, 1.82) is 0 Å². The second-order valence-electron chi connectivity index (χ2n) is 3.99. The average molecular weight is 232 g/mol. The van der Waals surface area contributed by atoms with Crippen LogP contribution in [0, 0.1) is 5.92 Å². The molecule has 1 fully saturated rings. The van der Waals surface area contributed by atoms with Crippen LogP contribution in [-0.4, -0.2) is 50.6 Å². The van der Waals surface area contributed by atoms with Crippen molar-refractivity contribution >= 4 is 27.5 Å². The zero-order valence-electron chi connectivity index (χ0n) is 9.23. The van der Waals surface area contributed by atoms with Crippen molar-refractivity contribution < 1.29 is 13.8 Å². The van der Waals surface area contributed by atoms with Gasteiger partial charge in [-0.25, -0.2) is 13.3 Å². The van der Waals surface area contributed by atoms with E-state index in [1.807, 2.05) is 0 Å². The third kappa shape index (κ3) is 2.31. The molecule has 1 aliphatic rings. The number of nitrogens with zero attached hydrogens (tertiary/aromatic N) is 2. The van der Waals surface area contributed by atoms with Crippen molar-refractivity contribution in [1.82, 2.24) is 9.21 Å². The van der Waals surface area contributed by atoms with Gasteiger partial charge in [-0.3, -0.25) is 9.69 Å². The van der Waals surface area contributed by atoms with E-state index < -0.39 is 15.7 Å². The van der Waals surface area contributed by atoms with E-state index in [0.717, 1.165) is 9.21 Å². The Hall–Kier alpha value is -1.04. The van der Waals surface area contributed by atoms with Gasteiger partial charge in [-0.1, -0.05) is 13.8 Å². The first-order chi connectivity index (χ1) is 6.75. The summed E-state index contributed by atoms with van der Waals surface area (Å²) in [6.45, 7) is 4.06. The minimum Gasteiger partial charge on any atom is -0.274 e. The van der Waals surface area contributed by atoms with Crippen LogP contribution in [-0.2, 0) is 14.5 Å². The first kappa shape index (κ1) is 12.0. The van der Waals surface area contributed by atoms with E-state index in [2.05, 4.69) is 5.87 Å². The summed E-state index contributed by atoms with van der Waals surface area (Å²) in [5, 5.41) is 0. The molecule has 0 radical (unpaired) electrons. The van der Waals surface area contributed by atoms with Gasteiger partial charge in [-0.2, -0.15) is 0 Å². The monoisotopic (exact) mass is 232 g/mol. The fraction of sp³-hybridized carbons (Fsp3) is 0.667. The number of carbonyl (C=O) groups excluding carboxylic acids is 2. The van der Waals surface area contributed by atoms with Crippen LogP contribution in [0.3, 0.4) is 0 Å². The van der Waals surface area contributed by atoms with Crippen LogP contribution in [0.4, 0.5) is 4.79 Å². The molecule has 6 heteroatoms. The summed E-state index contributed by atoms with van der Waals surface area (Å²) in [6, 6.07) is -0.490. The van der Waals surface area contributed by atoms with Crippen molar-refractivity contribution in [3.8, 4) is 0 Å². The number of hydrogen-bond donors (Lipinski definition) is 0. The standard InChI is InChI=1S/C9H16N2O3S/c1-7(2)8(12)10-5-6-11(9(10)13)15(3,4)14/h7H,3,5-6H2,1-2,4H3. The van der Waals surface area contributed by atoms with E-state index in [4.69, 9.17) is 0 Å². The lowest BCUT2D eigenvalue weighted by molar-refractivity contribution is -0.130. The molecule has 1 atom stereocenters. The van der Waals surface area contributed by atoms with Crippen molar-refractivity contribution in [2.24, 2.45) is 5.92 Å². The number of carbonyl (C=O) groups is 2. The number of amides is 3. The van der Waals surface area contributed by atoms with Gasteiger partial charge < -0.3 is 0 Å². The Bertz CT molecular complexity index is 386. The van der Waals surface area contributed by atoms with Crippen LogP contribution in [0.15, 0.2) is 0 Å². The lowest BCUT2D eigenvalue weighted by Crippen LogP contribution is -2.40. The Morgan fingerprint density at radius 2 is 2.00 bits per heavy atom. The highest BCUT2D eigenvalue weighted by Crippen LogP contribution is 2.15. The molecule has 0 spiro atoms. The third-order valence-electron chi connectivity index (χ3n) is 2.20. The summed E-state index contributed by atoms with van der Waals surface area (Å²) in [5.74, 6) is 2.98. The van der Waals surface area contributed by atoms with Crippen LogP contribution in [0.25, 0.3) is 0 Å². The second kappa shape index (κ2) is 3.84. The zero-order valence-corrected chi connectivity index (χ0v) is 10.0. The van der Waals surface area contributed by atoms with Gasteiger partial charge in [0.25, 0.3) is 0 Å². The summed E-state index contributed by atoms with van der Waals surface area (Å²) >= 11 is 0. The van der Waals surface area contributed by atoms with E-state index >= 15 is 0 Å². The largest absolute Gasteiger partial charge is 0.338 e. The minimum atomic E-state index is -2.55. The van der Waals surface area contributed by atoms with E-state index in [0.29, 0.717) is 13.1 Å². The summed E-state index contributed by atoms with van der Waals surface area (Å²) in [7, 11) is -2.55. The molecule has 1 saturated heterocycles. The van der Waals surface area contributed by atoms with Crippen molar-refractivity contribution in [3.05, 3.63) is 0 Å². The molecule has 1 unspecified atom stereocenters. The van der Waals surface area contributed by atoms with E-state index in [9.17, 15) is 13.8 Å². The predicted molar refractivity (Wildman–Crippen MR) is 59.8 cm³/mol. The van der Waals surface area contributed by atoms with Crippen molar-refractivity contribution in [2.75, 3.05) is 19.3 Å². The highest BCUT2D eigenvalue weighted by atomic mass is 32.2. The summed E-state index contributed by atoms with van der Waals surface area (Å²) < 4.78 is 12.8. The molecule has 0 saturated carbocycles. The zero-order chi connectivity index (χ0) is 11.8. The predicted octanol–water partition coefficient (Wildman–Crippen LogP) is 0.168. The fourth-order valence-electron chi connectivity index (χ4n) is 1.39. The maximum atomic E-state index is 11.7. The molecule has 0 aromatic carbocycles. The Morgan fingerprint density at radius 3 is 2.33 bits per heavy atom. The Morgan fingerprint density at radius 1 is 1.47 bits per heavy atom. The van der Waals surface area contributed by atoms with Crippen LogP contribution in [0.2, 0.25) is 0 Å². The van der Waals surface area contributed by atoms with Gasteiger partial charge in [0.1, 0.15) is 0 Å². The molecule has 3 amide bonds. The quantitative estimate of drug-likeness (QED) is 0.638. The van der Waals surface area contributed by atoms with Gasteiger partial charge >= 0.3 is 6.03 Å². The number of imide groups is 1. The maximum Gasteiger partial charge on any atom is 0.338 e. The third-order valence-corrected chi connectivity index (χ3v) is 3.47. The SMILES string of the molecule is C=S(C)(=O)N1CCN(C(=O)C(C)C)C1=O. The smallest absolute Gasteiger partial charge is 0.274 e. The van der Waals surface area contributed by atoms with E-state index in [-0.39, 0.29) is 11.8 Å². The van der Waals surface area contributed by atoms with E-state index in [1.54, 1.807) is 13.8 Å². The fourth-order valence-corrected chi connectivity index (χ4v) is 2.29. The Labute approximate surface area is 90.2 Å². The highest BCUT2D eigenvalue weighted by molar-refractivity contribution is 7.97. The number of urea groups is 1. The lowest BCUT2D eigenvalue weighted by Gasteiger charge is -2.19. The van der Waals surface area contributed by atoms with Gasteiger partial charge in [-0.15, -0.1) is 0 Å². The topological polar surface area (TPSA) is 57.7 Å². The molecule has 5 nitrogen and oxygen atoms in total. The summed E-state index contributed by atoms with van der Waals surface area (Å²) in [4.78, 5) is 24.4. The van der Waals surface area contributed by atoms with Gasteiger partial charge in [0.2, 0.25) is 5.91 Å². The first-order valence-electron chi connectivity index (χ1n) is 4.70. The molecule has 1 aliphatic heterocycles. The molecule has 86 valence electrons. The summed E-state index contributed by atoms with van der Waals surface area (Å²) in [6.07, 6.45) is 1.40. The lowest BCUT2D eigenvalue weighted by atomic mass is 10.2. The van der Waals surface area contributed by atoms with Gasteiger partial charge in [-0.05, 0) is 5.87 Å². The first-order valence-corrected chi connectivity index (χ1v) is 6.79. The van der Waals surface area contributed by atoms with Gasteiger partial charge in [0, 0.05) is 28.4 Å². The number of hydrogen-bond acceptors (Lipinski definition) is 3. The van der Waals surface area contributed by atoms with Crippen LogP contribution in [0.5, 0.6) is 0 Å². The van der Waals surface area contributed by atoms with Gasteiger partial charge in [0.15, 0.2) is 0 Å². The molecular weight excluding hydrogens is 216 g/mol. The summed E-state index contributed by atoms with van der Waals surface area (Å²) in [5.41, 5.74) is 0. The van der Waals surface area contributed by atoms with Crippen molar-refractivity contribution in [2.45, 2.75) is 13.8 Å². The van der Waals surface area contributed by atoms with Crippen molar-refractivity contribution in [3.63, 3.8) is 0 Å². The molecule has 1 heterocycles. The molecular formula is C9H16N2O3S. The molecule has 0 aromatic rings. The van der Waals surface area contributed by atoms with Crippen LogP contribution in [0.1, 0.15) is 13.8 Å². The molecule has 0 aliphatic carbocycles. The molecule has 1 rings (SSSR count). The second-order valence-corrected chi connectivity index (χ2v) is 6.35. The Kier molecular flexibility index (Phi) is 3.08. The van der Waals surface area contributed by atoms with Crippen LogP contribution < -0.4 is 0 Å². The molecule has 0 bridgehead atoms. The average Bonchev–Trinajstić information content (AvgIpc) is 2.44.